The van der Waals surface area contributed by atoms with Gasteiger partial charge >= 0.3 is 5.97 Å². The van der Waals surface area contributed by atoms with E-state index >= 15 is 0 Å². The van der Waals surface area contributed by atoms with Crippen molar-refractivity contribution >= 4 is 27.5 Å². The number of fused-ring (bicyclic) bond motifs is 1. The van der Waals surface area contributed by atoms with E-state index in [-0.39, 0.29) is 11.4 Å². The molecule has 3 rings (SSSR count). The van der Waals surface area contributed by atoms with Gasteiger partial charge in [0.05, 0.1) is 5.39 Å². The number of benzene rings is 1. The number of aromatic nitrogens is 2. The lowest BCUT2D eigenvalue weighted by Crippen LogP contribution is -2.31. The number of rotatable bonds is 4. The highest BCUT2D eigenvalue weighted by atomic mass is 32.1. The number of halogens is 1. The summed E-state index contributed by atoms with van der Waals surface area (Å²) in [5, 5.41) is 9.74. The second-order valence-corrected chi connectivity index (χ2v) is 6.99. The van der Waals surface area contributed by atoms with Crippen molar-refractivity contribution in [1.82, 2.24) is 9.55 Å². The summed E-state index contributed by atoms with van der Waals surface area (Å²) in [6.45, 7) is 5.17. The van der Waals surface area contributed by atoms with E-state index in [2.05, 4.69) is 4.98 Å². The van der Waals surface area contributed by atoms with E-state index in [9.17, 15) is 19.1 Å². The summed E-state index contributed by atoms with van der Waals surface area (Å²) in [6, 6.07) is 4.89. The van der Waals surface area contributed by atoms with Crippen LogP contribution in [-0.4, -0.2) is 20.6 Å². The van der Waals surface area contributed by atoms with Crippen molar-refractivity contribution in [2.45, 2.75) is 33.2 Å². The van der Waals surface area contributed by atoms with Crippen LogP contribution in [0.3, 0.4) is 0 Å². The molecule has 0 aliphatic carbocycles. The summed E-state index contributed by atoms with van der Waals surface area (Å²) in [5.41, 5.74) is 1.02. The Morgan fingerprint density at radius 3 is 2.56 bits per heavy atom. The Hall–Kier alpha value is -2.54. The molecule has 0 spiro atoms. The molecular formula is C18H17FN2O3S. The molecule has 0 saturated heterocycles. The number of thiophene rings is 1. The van der Waals surface area contributed by atoms with Crippen LogP contribution in [-0.2, 0) is 11.2 Å². The Kier molecular flexibility index (Phi) is 4.43. The summed E-state index contributed by atoms with van der Waals surface area (Å²) >= 11 is 1.38. The van der Waals surface area contributed by atoms with E-state index in [1.54, 1.807) is 12.1 Å². The zero-order chi connectivity index (χ0) is 18.3. The zero-order valence-electron chi connectivity index (χ0n) is 14.0. The predicted octanol–water partition coefficient (Wildman–Crippen LogP) is 3.78. The average molecular weight is 360 g/mol. The van der Waals surface area contributed by atoms with Gasteiger partial charge in [0.15, 0.2) is 0 Å². The first kappa shape index (κ1) is 17.3. The lowest BCUT2D eigenvalue weighted by molar-refractivity contribution is -0.140. The van der Waals surface area contributed by atoms with Gasteiger partial charge in [-0.3, -0.25) is 9.36 Å². The minimum atomic E-state index is -1.09. The first-order valence-corrected chi connectivity index (χ1v) is 8.70. The van der Waals surface area contributed by atoms with Crippen LogP contribution in [0.15, 0.2) is 29.1 Å². The number of carbonyl (C=O) groups is 1. The van der Waals surface area contributed by atoms with E-state index in [0.29, 0.717) is 33.6 Å². The van der Waals surface area contributed by atoms with Crippen LogP contribution in [0.5, 0.6) is 0 Å². The molecule has 2 aromatic heterocycles. The molecule has 0 fully saturated rings. The summed E-state index contributed by atoms with van der Waals surface area (Å²) in [6.07, 6.45) is 0.450. The molecule has 0 aliphatic rings. The van der Waals surface area contributed by atoms with Gasteiger partial charge in [0.1, 0.15) is 22.5 Å². The molecule has 0 saturated carbocycles. The first-order valence-electron chi connectivity index (χ1n) is 7.88. The SMILES string of the molecule is CCc1nc2sc(C)c(-c3ccc(F)cc3)c2c(=O)n1C(C)C(=O)O. The van der Waals surface area contributed by atoms with Crippen LogP contribution >= 0.6 is 11.3 Å². The zero-order valence-corrected chi connectivity index (χ0v) is 14.9. The smallest absolute Gasteiger partial charge is 0.326 e. The van der Waals surface area contributed by atoms with E-state index < -0.39 is 12.0 Å². The summed E-state index contributed by atoms with van der Waals surface area (Å²) in [7, 11) is 0. The monoisotopic (exact) mass is 360 g/mol. The summed E-state index contributed by atoms with van der Waals surface area (Å²) in [5.74, 6) is -1.00. The number of aryl methyl sites for hydroxylation is 2. The second-order valence-electron chi connectivity index (χ2n) is 5.79. The predicted molar refractivity (Wildman–Crippen MR) is 95.7 cm³/mol. The topological polar surface area (TPSA) is 72.2 Å². The molecule has 5 nitrogen and oxygen atoms in total. The molecule has 3 aromatic rings. The highest BCUT2D eigenvalue weighted by Crippen LogP contribution is 2.36. The van der Waals surface area contributed by atoms with E-state index in [1.807, 2.05) is 13.8 Å². The van der Waals surface area contributed by atoms with Gasteiger partial charge in [-0.05, 0) is 31.5 Å². The highest BCUT2D eigenvalue weighted by molar-refractivity contribution is 7.19. The maximum atomic E-state index is 13.2. The average Bonchev–Trinajstić information content (AvgIpc) is 2.91. The minimum Gasteiger partial charge on any atom is -0.480 e. The van der Waals surface area contributed by atoms with Crippen molar-refractivity contribution in [3.05, 3.63) is 51.1 Å². The Balaban J connectivity index is 2.39. The number of carboxylic acids is 1. The van der Waals surface area contributed by atoms with Crippen molar-refractivity contribution in [2.75, 3.05) is 0 Å². The van der Waals surface area contributed by atoms with Crippen molar-refractivity contribution in [1.29, 1.82) is 0 Å². The van der Waals surface area contributed by atoms with Crippen LogP contribution < -0.4 is 5.56 Å². The lowest BCUT2D eigenvalue weighted by atomic mass is 10.0. The number of carboxylic acid groups (broad SMARTS) is 1. The molecule has 1 N–H and O–H groups in total. The van der Waals surface area contributed by atoms with Crippen LogP contribution in [0.4, 0.5) is 4.39 Å². The summed E-state index contributed by atoms with van der Waals surface area (Å²) < 4.78 is 14.5. The minimum absolute atomic E-state index is 0.357. The van der Waals surface area contributed by atoms with Crippen molar-refractivity contribution in [3.8, 4) is 11.1 Å². The van der Waals surface area contributed by atoms with E-state index in [1.165, 1.54) is 35.0 Å². The number of hydrogen-bond donors (Lipinski definition) is 1. The van der Waals surface area contributed by atoms with Crippen molar-refractivity contribution in [2.24, 2.45) is 0 Å². The number of nitrogens with zero attached hydrogens (tertiary/aromatic N) is 2. The molecule has 2 heterocycles. The lowest BCUT2D eigenvalue weighted by Gasteiger charge is -2.15. The molecule has 7 heteroatoms. The van der Waals surface area contributed by atoms with Gasteiger partial charge in [0, 0.05) is 16.9 Å². The van der Waals surface area contributed by atoms with Gasteiger partial charge in [-0.1, -0.05) is 19.1 Å². The van der Waals surface area contributed by atoms with Crippen molar-refractivity contribution in [3.63, 3.8) is 0 Å². The standard InChI is InChI=1S/C18H17FN2O3S/c1-4-13-20-16-15(17(22)21(13)9(2)18(23)24)14(10(3)25-16)11-5-7-12(19)8-6-11/h5-9H,4H2,1-3H3,(H,23,24). The molecule has 0 bridgehead atoms. The third-order valence-corrected chi connectivity index (χ3v) is 5.20. The molecule has 0 aliphatic heterocycles. The molecule has 25 heavy (non-hydrogen) atoms. The van der Waals surface area contributed by atoms with Gasteiger partial charge in [0.2, 0.25) is 0 Å². The van der Waals surface area contributed by atoms with Gasteiger partial charge in [-0.25, -0.2) is 14.2 Å². The first-order chi connectivity index (χ1) is 11.8. The fraction of sp³-hybridized carbons (Fsp3) is 0.278. The molecule has 0 radical (unpaired) electrons. The maximum absolute atomic E-state index is 13.2. The van der Waals surface area contributed by atoms with Crippen LogP contribution in [0.2, 0.25) is 0 Å². The van der Waals surface area contributed by atoms with E-state index in [4.69, 9.17) is 0 Å². The maximum Gasteiger partial charge on any atom is 0.326 e. The fourth-order valence-corrected chi connectivity index (χ4v) is 3.99. The summed E-state index contributed by atoms with van der Waals surface area (Å²) in [4.78, 5) is 30.5. The van der Waals surface area contributed by atoms with Crippen LogP contribution in [0, 0.1) is 12.7 Å². The van der Waals surface area contributed by atoms with Gasteiger partial charge in [-0.15, -0.1) is 11.3 Å². The Bertz CT molecular complexity index is 1020. The molecular weight excluding hydrogens is 343 g/mol. The quantitative estimate of drug-likeness (QED) is 0.768. The molecule has 1 unspecified atom stereocenters. The highest BCUT2D eigenvalue weighted by Gasteiger charge is 2.24. The van der Waals surface area contributed by atoms with Gasteiger partial charge in [-0.2, -0.15) is 0 Å². The molecule has 0 amide bonds. The van der Waals surface area contributed by atoms with Crippen LogP contribution in [0.25, 0.3) is 21.3 Å². The van der Waals surface area contributed by atoms with Gasteiger partial charge < -0.3 is 5.11 Å². The Morgan fingerprint density at radius 1 is 1.36 bits per heavy atom. The fourth-order valence-electron chi connectivity index (χ4n) is 2.94. The number of hydrogen-bond acceptors (Lipinski definition) is 4. The number of aliphatic carboxylic acids is 1. The van der Waals surface area contributed by atoms with Crippen LogP contribution in [0.1, 0.15) is 30.6 Å². The molecule has 1 aromatic carbocycles. The van der Waals surface area contributed by atoms with E-state index in [0.717, 1.165) is 4.88 Å². The largest absolute Gasteiger partial charge is 0.480 e. The normalized spacial score (nSPS) is 12.5. The third-order valence-electron chi connectivity index (χ3n) is 4.20. The Labute approximate surface area is 147 Å². The Morgan fingerprint density at radius 2 is 2.00 bits per heavy atom. The molecule has 1 atom stereocenters. The molecule has 130 valence electrons. The van der Waals surface area contributed by atoms with Crippen molar-refractivity contribution < 1.29 is 14.3 Å². The van der Waals surface area contributed by atoms with Gasteiger partial charge in [0.25, 0.3) is 5.56 Å². The third kappa shape index (κ3) is 2.84. The second kappa shape index (κ2) is 6.40.